The third-order valence-corrected chi connectivity index (χ3v) is 7.65. The Labute approximate surface area is 184 Å². The van der Waals surface area contributed by atoms with Crippen molar-refractivity contribution in [3.8, 4) is 0 Å². The van der Waals surface area contributed by atoms with E-state index in [0.29, 0.717) is 6.54 Å². The minimum Gasteiger partial charge on any atom is -0.343 e. The molecule has 1 saturated heterocycles. The molecule has 4 nitrogen and oxygen atoms in total. The number of hydrogen-bond acceptors (Lipinski definition) is 5. The summed E-state index contributed by atoms with van der Waals surface area (Å²) < 4.78 is 1.21. The van der Waals surface area contributed by atoms with Gasteiger partial charge in [0, 0.05) is 4.88 Å². The minimum absolute atomic E-state index is 0.0604. The van der Waals surface area contributed by atoms with Gasteiger partial charge in [0.05, 0.1) is 28.8 Å². The number of para-hydroxylation sites is 1. The van der Waals surface area contributed by atoms with E-state index in [4.69, 9.17) is 4.98 Å². The molecule has 2 aromatic heterocycles. The number of carbonyl (C=O) groups is 1. The van der Waals surface area contributed by atoms with Crippen LogP contribution in [-0.4, -0.2) is 28.9 Å². The molecule has 1 aliphatic rings. The number of thiazole rings is 1. The van der Waals surface area contributed by atoms with E-state index in [9.17, 15) is 4.79 Å². The molecule has 2 aromatic carbocycles. The number of hydrogen-bond donors (Lipinski definition) is 1. The number of rotatable bonds is 6. The van der Waals surface area contributed by atoms with E-state index in [2.05, 4.69) is 52.0 Å². The molecule has 0 spiro atoms. The Bertz CT molecular complexity index is 1090. The van der Waals surface area contributed by atoms with Crippen LogP contribution in [0.3, 0.4) is 0 Å². The lowest BCUT2D eigenvalue weighted by Gasteiger charge is -2.24. The summed E-state index contributed by atoms with van der Waals surface area (Å²) in [6.07, 6.45) is 2.15. The average Bonchev–Trinajstić information content (AvgIpc) is 3.52. The van der Waals surface area contributed by atoms with Crippen LogP contribution in [0.2, 0.25) is 0 Å². The summed E-state index contributed by atoms with van der Waals surface area (Å²) in [5.41, 5.74) is 2.16. The molecule has 6 heteroatoms. The van der Waals surface area contributed by atoms with Gasteiger partial charge in [0.2, 0.25) is 5.91 Å². The fourth-order valence-electron chi connectivity index (χ4n) is 4.14. The van der Waals surface area contributed by atoms with Crippen LogP contribution in [0.5, 0.6) is 0 Å². The Morgan fingerprint density at radius 2 is 1.93 bits per heavy atom. The standard InChI is InChI=1S/C24H23N3OS2/c28-22(26-23(21-13-7-15-29-21)17-8-2-1-3-9-17)16-27-14-6-11-19(27)24-25-18-10-4-5-12-20(18)30-24/h1-5,7-10,12-13,15,19,23H,6,11,14,16H2,(H,26,28)/t19-,23+/m0/s1. The molecular formula is C24H23N3OS2. The summed E-state index contributed by atoms with van der Waals surface area (Å²) in [5, 5.41) is 6.46. The normalized spacial score (nSPS) is 17.9. The van der Waals surface area contributed by atoms with Crippen LogP contribution in [-0.2, 0) is 4.79 Å². The Kier molecular flexibility index (Phi) is 5.62. The summed E-state index contributed by atoms with van der Waals surface area (Å²) in [7, 11) is 0. The SMILES string of the molecule is O=C(CN1CCC[C@H]1c1nc2ccccc2s1)N[C@H](c1ccccc1)c1cccs1. The van der Waals surface area contributed by atoms with Crippen LogP contribution in [0.1, 0.15) is 40.4 Å². The third-order valence-electron chi connectivity index (χ3n) is 5.57. The second-order valence-corrected chi connectivity index (χ2v) is 9.62. The maximum atomic E-state index is 13.1. The summed E-state index contributed by atoms with van der Waals surface area (Å²) in [5.74, 6) is 0.0604. The summed E-state index contributed by atoms with van der Waals surface area (Å²) in [6.45, 7) is 1.33. The predicted octanol–water partition coefficient (Wildman–Crippen LogP) is 5.40. The van der Waals surface area contributed by atoms with Crippen molar-refractivity contribution >= 4 is 38.8 Å². The molecule has 1 amide bonds. The number of benzene rings is 2. The van der Waals surface area contributed by atoms with Crippen LogP contribution < -0.4 is 5.32 Å². The zero-order valence-electron chi connectivity index (χ0n) is 16.5. The maximum absolute atomic E-state index is 13.1. The number of carbonyl (C=O) groups excluding carboxylic acids is 1. The van der Waals surface area contributed by atoms with Gasteiger partial charge in [-0.3, -0.25) is 9.69 Å². The van der Waals surface area contributed by atoms with Crippen molar-refractivity contribution in [3.05, 3.63) is 87.6 Å². The molecule has 0 saturated carbocycles. The summed E-state index contributed by atoms with van der Waals surface area (Å²) in [4.78, 5) is 21.3. The first kappa shape index (κ1) is 19.4. The van der Waals surface area contributed by atoms with Crippen molar-refractivity contribution in [3.63, 3.8) is 0 Å². The molecule has 3 heterocycles. The highest BCUT2D eigenvalue weighted by atomic mass is 32.1. The van der Waals surface area contributed by atoms with Gasteiger partial charge in [-0.05, 0) is 48.5 Å². The van der Waals surface area contributed by atoms with Gasteiger partial charge in [0.1, 0.15) is 5.01 Å². The largest absolute Gasteiger partial charge is 0.343 e. The molecule has 30 heavy (non-hydrogen) atoms. The van der Waals surface area contributed by atoms with Crippen molar-refractivity contribution in [2.75, 3.05) is 13.1 Å². The van der Waals surface area contributed by atoms with Gasteiger partial charge in [0.15, 0.2) is 0 Å². The van der Waals surface area contributed by atoms with Crippen molar-refractivity contribution in [1.82, 2.24) is 15.2 Å². The highest BCUT2D eigenvalue weighted by Gasteiger charge is 2.30. The Hall–Kier alpha value is -2.54. The number of amides is 1. The highest BCUT2D eigenvalue weighted by Crippen LogP contribution is 2.36. The van der Waals surface area contributed by atoms with E-state index in [0.717, 1.165) is 40.4 Å². The van der Waals surface area contributed by atoms with Gasteiger partial charge in [0.25, 0.3) is 0 Å². The minimum atomic E-state index is -0.109. The number of nitrogens with zero attached hydrogens (tertiary/aromatic N) is 2. The van der Waals surface area contributed by atoms with E-state index in [1.807, 2.05) is 30.3 Å². The second-order valence-electron chi connectivity index (χ2n) is 7.57. The molecule has 152 valence electrons. The van der Waals surface area contributed by atoms with Crippen LogP contribution >= 0.6 is 22.7 Å². The van der Waals surface area contributed by atoms with E-state index in [-0.39, 0.29) is 18.0 Å². The van der Waals surface area contributed by atoms with E-state index >= 15 is 0 Å². The van der Waals surface area contributed by atoms with Gasteiger partial charge in [-0.25, -0.2) is 4.98 Å². The number of aromatic nitrogens is 1. The zero-order valence-corrected chi connectivity index (χ0v) is 18.2. The van der Waals surface area contributed by atoms with Gasteiger partial charge < -0.3 is 5.32 Å². The molecule has 1 N–H and O–H groups in total. The van der Waals surface area contributed by atoms with Crippen molar-refractivity contribution in [2.45, 2.75) is 24.9 Å². The lowest BCUT2D eigenvalue weighted by Crippen LogP contribution is -2.38. The molecule has 5 rings (SSSR count). The van der Waals surface area contributed by atoms with E-state index < -0.39 is 0 Å². The first-order valence-corrected chi connectivity index (χ1v) is 11.9. The van der Waals surface area contributed by atoms with Gasteiger partial charge in [-0.15, -0.1) is 22.7 Å². The summed E-state index contributed by atoms with van der Waals surface area (Å²) >= 11 is 3.43. The number of thiophene rings is 1. The molecule has 0 aliphatic carbocycles. The Morgan fingerprint density at radius 1 is 1.10 bits per heavy atom. The van der Waals surface area contributed by atoms with Crippen molar-refractivity contribution in [2.24, 2.45) is 0 Å². The monoisotopic (exact) mass is 433 g/mol. The molecular weight excluding hydrogens is 410 g/mol. The Balaban J connectivity index is 1.32. The number of fused-ring (bicyclic) bond motifs is 1. The number of nitrogens with one attached hydrogen (secondary N) is 1. The molecule has 0 unspecified atom stereocenters. The van der Waals surface area contributed by atoms with Crippen LogP contribution in [0.25, 0.3) is 10.2 Å². The lowest BCUT2D eigenvalue weighted by molar-refractivity contribution is -0.123. The number of likely N-dealkylation sites (tertiary alicyclic amines) is 1. The first-order valence-electron chi connectivity index (χ1n) is 10.2. The molecule has 1 fully saturated rings. The van der Waals surface area contributed by atoms with Gasteiger partial charge >= 0.3 is 0 Å². The van der Waals surface area contributed by atoms with Crippen LogP contribution in [0.4, 0.5) is 0 Å². The van der Waals surface area contributed by atoms with Crippen LogP contribution in [0.15, 0.2) is 72.1 Å². The molecule has 1 aliphatic heterocycles. The van der Waals surface area contributed by atoms with Gasteiger partial charge in [-0.2, -0.15) is 0 Å². The zero-order chi connectivity index (χ0) is 20.3. The maximum Gasteiger partial charge on any atom is 0.234 e. The lowest BCUT2D eigenvalue weighted by atomic mass is 10.1. The smallest absolute Gasteiger partial charge is 0.234 e. The molecule has 0 radical (unpaired) electrons. The molecule has 0 bridgehead atoms. The van der Waals surface area contributed by atoms with Crippen molar-refractivity contribution < 1.29 is 4.79 Å². The first-order chi connectivity index (χ1) is 14.8. The predicted molar refractivity (Wildman–Crippen MR) is 124 cm³/mol. The van der Waals surface area contributed by atoms with Crippen molar-refractivity contribution in [1.29, 1.82) is 0 Å². The summed E-state index contributed by atoms with van der Waals surface area (Å²) in [6, 6.07) is 22.7. The topological polar surface area (TPSA) is 45.2 Å². The fourth-order valence-corrected chi connectivity index (χ4v) is 6.08. The second kappa shape index (κ2) is 8.68. The fraction of sp³-hybridized carbons (Fsp3) is 0.250. The molecule has 4 aromatic rings. The van der Waals surface area contributed by atoms with Crippen LogP contribution in [0, 0.1) is 0 Å². The third kappa shape index (κ3) is 4.03. The Morgan fingerprint density at radius 3 is 2.73 bits per heavy atom. The quantitative estimate of drug-likeness (QED) is 0.443. The highest BCUT2D eigenvalue weighted by molar-refractivity contribution is 7.18. The van der Waals surface area contributed by atoms with Gasteiger partial charge in [-0.1, -0.05) is 48.5 Å². The van der Waals surface area contributed by atoms with E-state index in [1.54, 1.807) is 22.7 Å². The van der Waals surface area contributed by atoms with E-state index in [1.165, 1.54) is 4.70 Å². The average molecular weight is 434 g/mol. The molecule has 2 atom stereocenters.